The maximum absolute atomic E-state index is 14.0. The highest BCUT2D eigenvalue weighted by Crippen LogP contribution is 2.57. The van der Waals surface area contributed by atoms with Gasteiger partial charge in [-0.3, -0.25) is 9.79 Å². The number of phenols is 1. The monoisotopic (exact) mass is 385 g/mol. The third-order valence-corrected chi connectivity index (χ3v) is 5.16. The number of hydrogen-bond donors (Lipinski definition) is 2. The predicted octanol–water partition coefficient (Wildman–Crippen LogP) is 3.46. The fourth-order valence-electron chi connectivity index (χ4n) is 2.96. The van der Waals surface area contributed by atoms with Crippen molar-refractivity contribution in [2.24, 2.45) is 4.99 Å². The number of allylic oxidation sites excluding steroid dienone is 2. The number of fused-ring (bicyclic) bond motifs is 1. The predicted molar refractivity (Wildman–Crippen MR) is 90.1 cm³/mol. The maximum Gasteiger partial charge on any atom is 0.418 e. The molecule has 0 fully saturated rings. The lowest BCUT2D eigenvalue weighted by atomic mass is 9.86. The number of aromatic hydroxyl groups is 1. The molecule has 0 saturated carbocycles. The number of alkyl halides is 3. The summed E-state index contributed by atoms with van der Waals surface area (Å²) in [5, 5.41) is 20.5. The summed E-state index contributed by atoms with van der Waals surface area (Å²) < 4.78 is 42.7. The first-order valence-corrected chi connectivity index (χ1v) is 8.18. The number of aliphatic imine (C=N–C) groups is 1. The average molecular weight is 385 g/mol. The first-order chi connectivity index (χ1) is 12.2. The largest absolute Gasteiger partial charge is 0.506 e. The van der Waals surface area contributed by atoms with Gasteiger partial charge in [-0.1, -0.05) is 6.08 Å². The van der Waals surface area contributed by atoms with Gasteiger partial charge in [-0.05, 0) is 37.1 Å². The van der Waals surface area contributed by atoms with E-state index in [1.165, 1.54) is 42.5 Å². The number of halogens is 3. The van der Waals surface area contributed by atoms with Crippen molar-refractivity contribution in [1.82, 2.24) is 4.47 Å². The van der Waals surface area contributed by atoms with E-state index in [4.69, 9.17) is 0 Å². The van der Waals surface area contributed by atoms with Gasteiger partial charge in [0.1, 0.15) is 24.2 Å². The third kappa shape index (κ3) is 2.89. The number of anilines is 1. The minimum atomic E-state index is -4.82. The maximum atomic E-state index is 14.0. The molecule has 0 bridgehead atoms. The molecule has 2 aliphatic rings. The molecule has 3 rings (SSSR count). The van der Waals surface area contributed by atoms with Crippen LogP contribution in [0, 0.1) is 0 Å². The van der Waals surface area contributed by atoms with Crippen LogP contribution in [0.4, 0.5) is 18.9 Å². The Balaban J connectivity index is 2.33. The zero-order chi connectivity index (χ0) is 19.1. The number of nitrogens with zero attached hydrogens (tertiary/aromatic N) is 3. The lowest BCUT2D eigenvalue weighted by Crippen LogP contribution is -2.34. The van der Waals surface area contributed by atoms with Gasteiger partial charge in [0.2, 0.25) is 0 Å². The molecule has 0 saturated heterocycles. The number of carbonyl (C=O) groups is 1. The van der Waals surface area contributed by atoms with Crippen molar-refractivity contribution in [3.63, 3.8) is 0 Å². The van der Waals surface area contributed by atoms with Crippen molar-refractivity contribution in [2.45, 2.75) is 23.5 Å². The molecule has 2 N–H and O–H groups in total. The van der Waals surface area contributed by atoms with Crippen molar-refractivity contribution in [1.29, 1.82) is 0 Å². The van der Waals surface area contributed by atoms with Crippen LogP contribution in [0.1, 0.15) is 18.1 Å². The molecule has 0 radical (unpaired) electrons. The van der Waals surface area contributed by atoms with Crippen LogP contribution < -0.4 is 4.90 Å². The topological polar surface area (TPSA) is 76.4 Å². The number of phenolic OH excluding ortho intramolecular Hbond substituents is 1. The summed E-state index contributed by atoms with van der Waals surface area (Å²) >= 11 is 0.644. The van der Waals surface area contributed by atoms with Crippen LogP contribution in [0.25, 0.3) is 0 Å². The van der Waals surface area contributed by atoms with Crippen molar-refractivity contribution in [3.05, 3.63) is 41.6 Å². The molecule has 1 atom stereocenters. The Morgan fingerprint density at radius 1 is 1.42 bits per heavy atom. The van der Waals surface area contributed by atoms with Crippen LogP contribution in [0.3, 0.4) is 0 Å². The second kappa shape index (κ2) is 6.45. The quantitative estimate of drug-likeness (QED) is 0.472. The Kier molecular flexibility index (Phi) is 4.59. The molecule has 0 amide bonds. The summed E-state index contributed by atoms with van der Waals surface area (Å²) in [6, 6.07) is 1.17. The Labute approximate surface area is 151 Å². The highest BCUT2D eigenvalue weighted by atomic mass is 32.2. The Morgan fingerprint density at radius 3 is 2.73 bits per heavy atom. The molecule has 2 aliphatic heterocycles. The summed E-state index contributed by atoms with van der Waals surface area (Å²) in [5.74, 6) is -0.581. The normalized spacial score (nSPS) is 23.0. The van der Waals surface area contributed by atoms with E-state index in [9.17, 15) is 28.3 Å². The van der Waals surface area contributed by atoms with E-state index in [2.05, 4.69) is 4.99 Å². The summed E-state index contributed by atoms with van der Waals surface area (Å²) in [6.45, 7) is 1.26. The number of hydrogen-bond acceptors (Lipinski definition) is 7. The molecule has 0 aromatic heterocycles. The van der Waals surface area contributed by atoms with Gasteiger partial charge in [0.05, 0.1) is 11.3 Å². The van der Waals surface area contributed by atoms with E-state index in [0.29, 0.717) is 22.7 Å². The van der Waals surface area contributed by atoms with Crippen LogP contribution in [0.2, 0.25) is 0 Å². The molecule has 1 unspecified atom stereocenters. The minimum Gasteiger partial charge on any atom is -0.506 e. The van der Waals surface area contributed by atoms with E-state index in [-0.39, 0.29) is 17.1 Å². The molecule has 1 aromatic rings. The van der Waals surface area contributed by atoms with E-state index in [1.54, 1.807) is 0 Å². The van der Waals surface area contributed by atoms with E-state index in [0.717, 1.165) is 6.08 Å². The standard InChI is InChI=1S/C16H14F3N3O3S/c1-15(4-2-7-23)12-11(26-22(15)25)8-10(24)14(13(12)16(17,18)19)21-6-3-5-20-9-21/h2-8,24-25H,9H2,1H3. The minimum absolute atomic E-state index is 0.0450. The summed E-state index contributed by atoms with van der Waals surface area (Å²) in [6.07, 6.45) is 2.07. The van der Waals surface area contributed by atoms with Crippen molar-refractivity contribution < 1.29 is 28.3 Å². The molecule has 6 nitrogen and oxygen atoms in total. The number of carbonyl (C=O) groups excluding carboxylic acids is 1. The SMILES string of the molecule is CC1(C=CC=O)c2c(cc(O)c(N3C=CC=NC3)c2C(F)(F)F)SN1O. The number of aldehydes is 1. The summed E-state index contributed by atoms with van der Waals surface area (Å²) in [7, 11) is 0. The van der Waals surface area contributed by atoms with Gasteiger partial charge < -0.3 is 15.2 Å². The van der Waals surface area contributed by atoms with Gasteiger partial charge in [-0.2, -0.15) is 13.2 Å². The average Bonchev–Trinajstić information content (AvgIpc) is 2.82. The van der Waals surface area contributed by atoms with Gasteiger partial charge >= 0.3 is 6.18 Å². The van der Waals surface area contributed by atoms with Crippen LogP contribution in [-0.2, 0) is 16.5 Å². The Morgan fingerprint density at radius 2 is 2.15 bits per heavy atom. The van der Waals surface area contributed by atoms with Crippen LogP contribution in [-0.4, -0.2) is 34.0 Å². The van der Waals surface area contributed by atoms with Gasteiger partial charge in [-0.25, -0.2) is 0 Å². The second-order valence-electron chi connectivity index (χ2n) is 5.78. The molecular formula is C16H14F3N3O3S. The Bertz CT molecular complexity index is 838. The fourth-order valence-corrected chi connectivity index (χ4v) is 4.06. The molecule has 138 valence electrons. The highest BCUT2D eigenvalue weighted by Gasteiger charge is 2.50. The van der Waals surface area contributed by atoms with Crippen molar-refractivity contribution in [3.8, 4) is 5.75 Å². The smallest absolute Gasteiger partial charge is 0.418 e. The van der Waals surface area contributed by atoms with E-state index in [1.807, 2.05) is 0 Å². The number of benzene rings is 1. The van der Waals surface area contributed by atoms with Gasteiger partial charge in [0.25, 0.3) is 0 Å². The van der Waals surface area contributed by atoms with Crippen molar-refractivity contribution in [2.75, 3.05) is 11.6 Å². The van der Waals surface area contributed by atoms with Crippen molar-refractivity contribution >= 4 is 30.1 Å². The lowest BCUT2D eigenvalue weighted by Gasteiger charge is -2.31. The molecule has 1 aromatic carbocycles. The summed E-state index contributed by atoms with van der Waals surface area (Å²) in [5.41, 5.74) is -3.40. The molecule has 0 spiro atoms. The molecule has 26 heavy (non-hydrogen) atoms. The van der Waals surface area contributed by atoms with Gasteiger partial charge in [0.15, 0.2) is 0 Å². The lowest BCUT2D eigenvalue weighted by molar-refractivity contribution is -0.140. The molecule has 2 heterocycles. The van der Waals surface area contributed by atoms with Crippen LogP contribution in [0.15, 0.2) is 40.4 Å². The van der Waals surface area contributed by atoms with Gasteiger partial charge in [-0.15, -0.1) is 4.47 Å². The first-order valence-electron chi connectivity index (χ1n) is 7.41. The van der Waals surface area contributed by atoms with Crippen LogP contribution >= 0.6 is 11.9 Å². The van der Waals surface area contributed by atoms with E-state index >= 15 is 0 Å². The number of hydroxylamine groups is 1. The second-order valence-corrected chi connectivity index (χ2v) is 6.75. The first kappa shape index (κ1) is 18.5. The highest BCUT2D eigenvalue weighted by molar-refractivity contribution is 7.97. The van der Waals surface area contributed by atoms with Gasteiger partial charge in [0, 0.05) is 22.9 Å². The Hall–Kier alpha value is -2.30. The third-order valence-electron chi connectivity index (χ3n) is 4.09. The van der Waals surface area contributed by atoms with Crippen LogP contribution in [0.5, 0.6) is 5.75 Å². The van der Waals surface area contributed by atoms with E-state index < -0.39 is 28.7 Å². The molecular weight excluding hydrogens is 371 g/mol. The zero-order valence-electron chi connectivity index (χ0n) is 13.4. The number of rotatable bonds is 3. The zero-order valence-corrected chi connectivity index (χ0v) is 14.3. The summed E-state index contributed by atoms with van der Waals surface area (Å²) in [4.78, 5) is 15.8. The molecule has 10 heteroatoms. The molecule has 0 aliphatic carbocycles. The fraction of sp³-hybridized carbons (Fsp3) is 0.250.